The Morgan fingerprint density at radius 3 is 2.56 bits per heavy atom. The van der Waals surface area contributed by atoms with Gasteiger partial charge in [-0.1, -0.05) is 26.8 Å². The molecular weight excluding hydrogens is 229 g/mol. The highest BCUT2D eigenvalue weighted by Crippen LogP contribution is 2.26. The SMILES string of the molecule is CCCNC(CC)C(C)c1ccc(OC)c(F)c1. The lowest BCUT2D eigenvalue weighted by Gasteiger charge is -2.24. The first-order valence-electron chi connectivity index (χ1n) is 6.70. The molecule has 1 N–H and O–H groups in total. The van der Waals surface area contributed by atoms with Gasteiger partial charge in [0.2, 0.25) is 0 Å². The first-order valence-corrected chi connectivity index (χ1v) is 6.70. The van der Waals surface area contributed by atoms with Gasteiger partial charge in [0.05, 0.1) is 7.11 Å². The number of benzene rings is 1. The Kier molecular flexibility index (Phi) is 6.13. The number of methoxy groups -OCH3 is 1. The Hall–Kier alpha value is -1.09. The van der Waals surface area contributed by atoms with Gasteiger partial charge in [0.25, 0.3) is 0 Å². The van der Waals surface area contributed by atoms with Gasteiger partial charge in [-0.2, -0.15) is 0 Å². The lowest BCUT2D eigenvalue weighted by Crippen LogP contribution is -2.33. The predicted octanol–water partition coefficient (Wildman–Crippen LogP) is 3.72. The van der Waals surface area contributed by atoms with Crippen LogP contribution in [0.4, 0.5) is 4.39 Å². The molecule has 18 heavy (non-hydrogen) atoms. The molecular formula is C15H24FNO. The van der Waals surface area contributed by atoms with Crippen molar-refractivity contribution in [1.82, 2.24) is 5.32 Å². The van der Waals surface area contributed by atoms with Crippen molar-refractivity contribution in [2.75, 3.05) is 13.7 Å². The molecule has 102 valence electrons. The smallest absolute Gasteiger partial charge is 0.165 e. The zero-order valence-corrected chi connectivity index (χ0v) is 11.8. The maximum absolute atomic E-state index is 13.7. The molecule has 2 nitrogen and oxygen atoms in total. The third kappa shape index (κ3) is 3.70. The highest BCUT2D eigenvalue weighted by Gasteiger charge is 2.17. The van der Waals surface area contributed by atoms with E-state index in [9.17, 15) is 4.39 Å². The normalized spacial score (nSPS) is 14.3. The van der Waals surface area contributed by atoms with Crippen LogP contribution in [0.1, 0.15) is 45.1 Å². The second-order valence-corrected chi connectivity index (χ2v) is 4.65. The van der Waals surface area contributed by atoms with E-state index in [2.05, 4.69) is 26.1 Å². The number of rotatable bonds is 7. The molecule has 0 aliphatic heterocycles. The summed E-state index contributed by atoms with van der Waals surface area (Å²) >= 11 is 0. The first-order chi connectivity index (χ1) is 8.63. The van der Waals surface area contributed by atoms with E-state index in [1.54, 1.807) is 12.1 Å². The number of nitrogens with one attached hydrogen (secondary N) is 1. The Bertz CT molecular complexity index is 368. The molecule has 1 aromatic rings. The van der Waals surface area contributed by atoms with Crippen LogP contribution >= 0.6 is 0 Å². The number of hydrogen-bond donors (Lipinski definition) is 1. The molecule has 0 aliphatic carbocycles. The molecule has 2 unspecified atom stereocenters. The van der Waals surface area contributed by atoms with E-state index in [4.69, 9.17) is 4.74 Å². The van der Waals surface area contributed by atoms with Crippen molar-refractivity contribution < 1.29 is 9.13 Å². The van der Waals surface area contributed by atoms with Gasteiger partial charge in [-0.25, -0.2) is 4.39 Å². The maximum Gasteiger partial charge on any atom is 0.165 e. The second-order valence-electron chi connectivity index (χ2n) is 4.65. The monoisotopic (exact) mass is 253 g/mol. The van der Waals surface area contributed by atoms with Gasteiger partial charge in [-0.15, -0.1) is 0 Å². The summed E-state index contributed by atoms with van der Waals surface area (Å²) in [4.78, 5) is 0. The standard InChI is InChI=1S/C15H24FNO/c1-5-9-17-14(6-2)11(3)12-7-8-15(18-4)13(16)10-12/h7-8,10-11,14,17H,5-6,9H2,1-4H3. The molecule has 2 atom stereocenters. The molecule has 0 saturated carbocycles. The minimum Gasteiger partial charge on any atom is -0.494 e. The number of ether oxygens (including phenoxy) is 1. The third-order valence-corrected chi connectivity index (χ3v) is 3.40. The first kappa shape index (κ1) is 15.0. The fraction of sp³-hybridized carbons (Fsp3) is 0.600. The second kappa shape index (κ2) is 7.37. The van der Waals surface area contributed by atoms with Crippen molar-refractivity contribution in [3.8, 4) is 5.75 Å². The van der Waals surface area contributed by atoms with Crippen LogP contribution in [0.15, 0.2) is 18.2 Å². The summed E-state index contributed by atoms with van der Waals surface area (Å²) in [5.74, 6) is 0.315. The molecule has 0 radical (unpaired) electrons. The van der Waals surface area contributed by atoms with E-state index in [1.807, 2.05) is 6.07 Å². The van der Waals surface area contributed by atoms with Gasteiger partial charge < -0.3 is 10.1 Å². The fourth-order valence-electron chi connectivity index (χ4n) is 2.20. The van der Waals surface area contributed by atoms with Gasteiger partial charge in [-0.05, 0) is 43.0 Å². The molecule has 0 spiro atoms. The van der Waals surface area contributed by atoms with Crippen molar-refractivity contribution in [3.63, 3.8) is 0 Å². The van der Waals surface area contributed by atoms with E-state index in [-0.39, 0.29) is 5.82 Å². The molecule has 0 aliphatic rings. The summed E-state index contributed by atoms with van der Waals surface area (Å²) in [5, 5.41) is 3.51. The van der Waals surface area contributed by atoms with E-state index >= 15 is 0 Å². The van der Waals surface area contributed by atoms with Gasteiger partial charge in [0, 0.05) is 6.04 Å². The topological polar surface area (TPSA) is 21.3 Å². The van der Waals surface area contributed by atoms with Crippen LogP contribution in [0, 0.1) is 5.82 Å². The molecule has 1 aromatic carbocycles. The van der Waals surface area contributed by atoms with Crippen LogP contribution in [-0.4, -0.2) is 19.7 Å². The zero-order chi connectivity index (χ0) is 13.5. The van der Waals surface area contributed by atoms with Crippen molar-refractivity contribution in [1.29, 1.82) is 0 Å². The summed E-state index contributed by atoms with van der Waals surface area (Å²) in [5.41, 5.74) is 1.02. The van der Waals surface area contributed by atoms with Crippen molar-refractivity contribution in [2.45, 2.75) is 45.6 Å². The van der Waals surface area contributed by atoms with Gasteiger partial charge in [0.1, 0.15) is 0 Å². The summed E-state index contributed by atoms with van der Waals surface area (Å²) in [6.45, 7) is 7.45. The minimum atomic E-state index is -0.285. The summed E-state index contributed by atoms with van der Waals surface area (Å²) < 4.78 is 18.6. The number of hydrogen-bond acceptors (Lipinski definition) is 2. The van der Waals surface area contributed by atoms with Crippen molar-refractivity contribution in [3.05, 3.63) is 29.6 Å². The van der Waals surface area contributed by atoms with Gasteiger partial charge in [-0.3, -0.25) is 0 Å². The maximum atomic E-state index is 13.7. The Morgan fingerprint density at radius 1 is 1.33 bits per heavy atom. The number of halogens is 1. The lowest BCUT2D eigenvalue weighted by molar-refractivity contribution is 0.384. The molecule has 0 bridgehead atoms. The average Bonchev–Trinajstić information content (AvgIpc) is 2.39. The Morgan fingerprint density at radius 2 is 2.06 bits per heavy atom. The third-order valence-electron chi connectivity index (χ3n) is 3.40. The molecule has 0 heterocycles. The highest BCUT2D eigenvalue weighted by molar-refractivity contribution is 5.31. The highest BCUT2D eigenvalue weighted by atomic mass is 19.1. The quantitative estimate of drug-likeness (QED) is 0.799. The summed E-state index contributed by atoms with van der Waals surface area (Å²) in [7, 11) is 1.49. The van der Waals surface area contributed by atoms with Crippen molar-refractivity contribution in [2.24, 2.45) is 0 Å². The van der Waals surface area contributed by atoms with E-state index in [1.165, 1.54) is 7.11 Å². The van der Waals surface area contributed by atoms with Crippen LogP contribution in [0.5, 0.6) is 5.75 Å². The van der Waals surface area contributed by atoms with Crippen molar-refractivity contribution >= 4 is 0 Å². The lowest BCUT2D eigenvalue weighted by atomic mass is 9.91. The molecule has 1 rings (SSSR count). The molecule has 0 aromatic heterocycles. The Labute approximate surface area is 110 Å². The summed E-state index contributed by atoms with van der Waals surface area (Å²) in [6, 6.07) is 5.62. The molecule has 0 fully saturated rings. The zero-order valence-electron chi connectivity index (χ0n) is 11.8. The van der Waals surface area contributed by atoms with Crippen LogP contribution in [0.25, 0.3) is 0 Å². The average molecular weight is 253 g/mol. The largest absolute Gasteiger partial charge is 0.494 e. The minimum absolute atomic E-state index is 0.285. The van der Waals surface area contributed by atoms with E-state index < -0.39 is 0 Å². The van der Waals surface area contributed by atoms with Crippen LogP contribution < -0.4 is 10.1 Å². The molecule has 0 saturated heterocycles. The molecule has 3 heteroatoms. The van der Waals surface area contributed by atoms with Crippen LogP contribution in [0.3, 0.4) is 0 Å². The molecule has 0 amide bonds. The van der Waals surface area contributed by atoms with Gasteiger partial charge in [0.15, 0.2) is 11.6 Å². The van der Waals surface area contributed by atoms with Crippen LogP contribution in [0.2, 0.25) is 0 Å². The van der Waals surface area contributed by atoms with E-state index in [0.717, 1.165) is 24.9 Å². The predicted molar refractivity (Wildman–Crippen MR) is 73.7 cm³/mol. The fourth-order valence-corrected chi connectivity index (χ4v) is 2.20. The van der Waals surface area contributed by atoms with Crippen LogP contribution in [-0.2, 0) is 0 Å². The van der Waals surface area contributed by atoms with E-state index in [0.29, 0.717) is 17.7 Å². The Balaban J connectivity index is 2.81. The van der Waals surface area contributed by atoms with Gasteiger partial charge >= 0.3 is 0 Å². The summed E-state index contributed by atoms with van der Waals surface area (Å²) in [6.07, 6.45) is 2.15.